The molecule has 43 heavy (non-hydrogen) atoms. The van der Waals surface area contributed by atoms with Gasteiger partial charge in [-0.2, -0.15) is 0 Å². The molecule has 10 heteroatoms. The second-order valence-electron chi connectivity index (χ2n) is 10.8. The first kappa shape index (κ1) is 33.1. The molecule has 4 amide bonds. The molecule has 3 aromatic rings. The first-order chi connectivity index (χ1) is 20.7. The second-order valence-corrected chi connectivity index (χ2v) is 10.8. The minimum absolute atomic E-state index is 0.0818. The number of nitrogens with one attached hydrogen (secondary N) is 5. The lowest BCUT2D eigenvalue weighted by atomic mass is 10.0. The Kier molecular flexibility index (Phi) is 13.0. The fourth-order valence-corrected chi connectivity index (χ4v) is 4.51. The zero-order valence-electron chi connectivity index (χ0n) is 25.3. The van der Waals surface area contributed by atoms with Crippen molar-refractivity contribution in [2.45, 2.75) is 58.7 Å². The van der Waals surface area contributed by atoms with E-state index in [4.69, 9.17) is 4.42 Å². The summed E-state index contributed by atoms with van der Waals surface area (Å²) in [4.78, 5) is 51.4. The molecule has 5 N–H and O–H groups in total. The van der Waals surface area contributed by atoms with E-state index in [2.05, 4.69) is 26.6 Å². The Hall–Kier alpha value is -4.44. The van der Waals surface area contributed by atoms with Gasteiger partial charge in [0.1, 0.15) is 11.8 Å². The summed E-state index contributed by atoms with van der Waals surface area (Å²) in [6.07, 6.45) is 2.67. The van der Waals surface area contributed by atoms with E-state index in [1.54, 1.807) is 43.5 Å². The number of rotatable bonds is 16. The van der Waals surface area contributed by atoms with Crippen LogP contribution in [-0.4, -0.2) is 61.4 Å². The van der Waals surface area contributed by atoms with E-state index < -0.39 is 12.1 Å². The molecule has 1 heterocycles. The topological polar surface area (TPSA) is 142 Å². The van der Waals surface area contributed by atoms with Gasteiger partial charge in [-0.05, 0) is 62.1 Å². The van der Waals surface area contributed by atoms with Crippen LogP contribution in [0.5, 0.6) is 0 Å². The number of hydrogen-bond acceptors (Lipinski definition) is 6. The number of benzene rings is 2. The highest BCUT2D eigenvalue weighted by Crippen LogP contribution is 2.09. The summed E-state index contributed by atoms with van der Waals surface area (Å²) in [7, 11) is 0. The number of amides is 4. The quantitative estimate of drug-likeness (QED) is 0.174. The van der Waals surface area contributed by atoms with Crippen LogP contribution in [0.4, 0.5) is 0 Å². The van der Waals surface area contributed by atoms with E-state index in [0.717, 1.165) is 11.3 Å². The smallest absolute Gasteiger partial charge is 0.251 e. The maximum atomic E-state index is 13.3. The Bertz CT molecular complexity index is 1330. The fourth-order valence-electron chi connectivity index (χ4n) is 4.51. The largest absolute Gasteiger partial charge is 0.469 e. The molecular formula is C33H43N5O5. The number of likely N-dealkylation sites (N-methyl/N-ethyl adjacent to an activating group) is 1. The summed E-state index contributed by atoms with van der Waals surface area (Å²) in [5, 5.41) is 14.7. The summed E-state index contributed by atoms with van der Waals surface area (Å²) in [5.41, 5.74) is 1.75. The molecule has 2 aromatic carbocycles. The highest BCUT2D eigenvalue weighted by atomic mass is 16.3. The molecule has 0 aliphatic carbocycles. The Morgan fingerprint density at radius 3 is 2.16 bits per heavy atom. The van der Waals surface area contributed by atoms with Crippen molar-refractivity contribution in [2.75, 3.05) is 19.6 Å². The molecule has 0 radical (unpaired) electrons. The third kappa shape index (κ3) is 10.7. The minimum Gasteiger partial charge on any atom is -0.469 e. The lowest BCUT2D eigenvalue weighted by molar-refractivity contribution is -0.130. The highest BCUT2D eigenvalue weighted by Gasteiger charge is 2.26. The third-order valence-electron chi connectivity index (χ3n) is 6.95. The third-order valence-corrected chi connectivity index (χ3v) is 6.95. The van der Waals surface area contributed by atoms with E-state index in [1.807, 2.05) is 57.2 Å². The molecule has 0 saturated carbocycles. The first-order valence-electron chi connectivity index (χ1n) is 14.7. The van der Waals surface area contributed by atoms with Crippen molar-refractivity contribution in [3.63, 3.8) is 0 Å². The van der Waals surface area contributed by atoms with E-state index in [1.165, 1.54) is 0 Å². The monoisotopic (exact) mass is 589 g/mol. The molecule has 0 saturated heterocycles. The van der Waals surface area contributed by atoms with Gasteiger partial charge in [0.15, 0.2) is 0 Å². The second kappa shape index (κ2) is 16.9. The van der Waals surface area contributed by atoms with Gasteiger partial charge >= 0.3 is 0 Å². The molecule has 0 fully saturated rings. The van der Waals surface area contributed by atoms with Gasteiger partial charge in [0, 0.05) is 43.2 Å². The zero-order valence-corrected chi connectivity index (χ0v) is 25.3. The highest BCUT2D eigenvalue weighted by molar-refractivity contribution is 5.99. The van der Waals surface area contributed by atoms with Gasteiger partial charge in [0.2, 0.25) is 11.8 Å². The van der Waals surface area contributed by atoms with E-state index in [0.29, 0.717) is 43.6 Å². The Labute approximate surface area is 253 Å². The molecule has 0 aliphatic rings. The van der Waals surface area contributed by atoms with Gasteiger partial charge < -0.3 is 31.0 Å². The van der Waals surface area contributed by atoms with Crippen molar-refractivity contribution in [1.29, 1.82) is 0 Å². The van der Waals surface area contributed by atoms with Crippen LogP contribution in [0, 0.1) is 5.92 Å². The van der Waals surface area contributed by atoms with Crippen LogP contribution >= 0.6 is 0 Å². The average molecular weight is 590 g/mol. The van der Waals surface area contributed by atoms with Crippen LogP contribution in [0.2, 0.25) is 0 Å². The van der Waals surface area contributed by atoms with Crippen LogP contribution < -0.4 is 26.6 Å². The van der Waals surface area contributed by atoms with Crippen LogP contribution in [0.3, 0.4) is 0 Å². The normalized spacial score (nSPS) is 13.0. The van der Waals surface area contributed by atoms with Crippen LogP contribution in [0.15, 0.2) is 77.4 Å². The standard InChI is InChI=1S/C33H43N5O5/c1-5-34-33(42)29(22(2)3)38-30(39)23(4)36-21-27(19-24-11-7-6-8-12-24)37-32(41)26-14-9-13-25(20-26)31(40)35-17-16-28-15-10-18-43-28/h6-15,18,20,22-23,27,29,36H,5,16-17,19,21H2,1-4H3,(H,34,42)(H,35,40)(H,37,41)(H,38,39)/t23-,27-,29-/m0/s1. The summed E-state index contributed by atoms with van der Waals surface area (Å²) >= 11 is 0. The Balaban J connectivity index is 1.63. The molecule has 0 unspecified atom stereocenters. The number of furan rings is 1. The van der Waals surface area contributed by atoms with Gasteiger partial charge in [0.25, 0.3) is 11.8 Å². The summed E-state index contributed by atoms with van der Waals surface area (Å²) in [6, 6.07) is 18.3. The van der Waals surface area contributed by atoms with Crippen molar-refractivity contribution >= 4 is 23.6 Å². The Morgan fingerprint density at radius 1 is 0.791 bits per heavy atom. The van der Waals surface area contributed by atoms with Gasteiger partial charge in [-0.25, -0.2) is 0 Å². The first-order valence-corrected chi connectivity index (χ1v) is 14.7. The summed E-state index contributed by atoms with van der Waals surface area (Å²) in [6.45, 7) is 8.49. The maximum absolute atomic E-state index is 13.3. The lowest BCUT2D eigenvalue weighted by Gasteiger charge is -2.25. The molecule has 3 atom stereocenters. The van der Waals surface area contributed by atoms with E-state index in [9.17, 15) is 19.2 Å². The van der Waals surface area contributed by atoms with Crippen molar-refractivity contribution in [3.05, 3.63) is 95.4 Å². The van der Waals surface area contributed by atoms with Gasteiger partial charge in [-0.1, -0.05) is 50.2 Å². The molecular weight excluding hydrogens is 546 g/mol. The van der Waals surface area contributed by atoms with Crippen LogP contribution in [0.25, 0.3) is 0 Å². The molecule has 230 valence electrons. The summed E-state index contributed by atoms with van der Waals surface area (Å²) in [5.74, 6) is -0.444. The van der Waals surface area contributed by atoms with Crippen molar-refractivity contribution in [1.82, 2.24) is 26.6 Å². The molecule has 3 rings (SSSR count). The molecule has 0 spiro atoms. The van der Waals surface area contributed by atoms with Gasteiger partial charge in [-0.3, -0.25) is 19.2 Å². The van der Waals surface area contributed by atoms with Crippen molar-refractivity contribution in [2.24, 2.45) is 5.92 Å². The molecule has 0 bridgehead atoms. The van der Waals surface area contributed by atoms with Crippen LogP contribution in [-0.2, 0) is 22.4 Å². The summed E-state index contributed by atoms with van der Waals surface area (Å²) < 4.78 is 5.30. The minimum atomic E-state index is -0.647. The fraction of sp³-hybridized carbons (Fsp3) is 0.394. The Morgan fingerprint density at radius 2 is 1.51 bits per heavy atom. The van der Waals surface area contributed by atoms with E-state index >= 15 is 0 Å². The van der Waals surface area contributed by atoms with E-state index in [-0.39, 0.29) is 35.6 Å². The maximum Gasteiger partial charge on any atom is 0.251 e. The predicted molar refractivity (Wildman–Crippen MR) is 166 cm³/mol. The SMILES string of the molecule is CCNC(=O)[C@@H](NC(=O)[C@H](C)NC[C@H](Cc1ccccc1)NC(=O)c1cccc(C(=O)NCCc2ccco2)c1)C(C)C. The molecule has 10 nitrogen and oxygen atoms in total. The predicted octanol–water partition coefficient (Wildman–Crippen LogP) is 2.85. The lowest BCUT2D eigenvalue weighted by Crippen LogP contribution is -2.55. The average Bonchev–Trinajstić information content (AvgIpc) is 3.52. The zero-order chi connectivity index (χ0) is 31.2. The molecule has 0 aliphatic heterocycles. The number of carbonyl (C=O) groups excluding carboxylic acids is 4. The van der Waals surface area contributed by atoms with Crippen molar-refractivity contribution < 1.29 is 23.6 Å². The molecule has 1 aromatic heterocycles. The van der Waals surface area contributed by atoms with Crippen LogP contribution in [0.1, 0.15) is 59.7 Å². The van der Waals surface area contributed by atoms with Crippen molar-refractivity contribution in [3.8, 4) is 0 Å². The number of carbonyl (C=O) groups is 4. The van der Waals surface area contributed by atoms with Gasteiger partial charge in [-0.15, -0.1) is 0 Å². The number of hydrogen-bond donors (Lipinski definition) is 5. The van der Waals surface area contributed by atoms with Gasteiger partial charge in [0.05, 0.1) is 12.3 Å².